The number of carboxylic acids is 1. The summed E-state index contributed by atoms with van der Waals surface area (Å²) in [5, 5.41) is 17.2. The monoisotopic (exact) mass is 297 g/mol. The second-order valence-corrected chi connectivity index (χ2v) is 6.10. The van der Waals surface area contributed by atoms with E-state index in [1.165, 1.54) is 16.7 Å². The molecule has 0 radical (unpaired) electrons. The average molecular weight is 297 g/mol. The standard InChI is InChI=1S/C13H19N3O3S/c1-13(5-2-3-6-15-13)12(19)14-7-4-10-16-9(8-20-10)11(17)18/h8,15H,2-7H2,1H3,(H,14,19)(H,17,18). The number of aromatic carboxylic acids is 1. The first-order valence-electron chi connectivity index (χ1n) is 6.72. The van der Waals surface area contributed by atoms with Crippen LogP contribution in [0.2, 0.25) is 0 Å². The van der Waals surface area contributed by atoms with Crippen molar-refractivity contribution in [3.05, 3.63) is 16.1 Å². The van der Waals surface area contributed by atoms with Crippen LogP contribution in [0.25, 0.3) is 0 Å². The summed E-state index contributed by atoms with van der Waals surface area (Å²) >= 11 is 1.31. The Bertz CT molecular complexity index is 495. The van der Waals surface area contributed by atoms with Gasteiger partial charge in [0.1, 0.15) is 0 Å². The van der Waals surface area contributed by atoms with Gasteiger partial charge in [-0.25, -0.2) is 9.78 Å². The SMILES string of the molecule is CC1(C(=O)NCCc2nc(C(=O)O)cs2)CCCCN1. The lowest BCUT2D eigenvalue weighted by Crippen LogP contribution is -2.57. The van der Waals surface area contributed by atoms with E-state index >= 15 is 0 Å². The summed E-state index contributed by atoms with van der Waals surface area (Å²) in [7, 11) is 0. The van der Waals surface area contributed by atoms with Crippen LogP contribution < -0.4 is 10.6 Å². The van der Waals surface area contributed by atoms with E-state index in [0.29, 0.717) is 13.0 Å². The van der Waals surface area contributed by atoms with Gasteiger partial charge < -0.3 is 15.7 Å². The summed E-state index contributed by atoms with van der Waals surface area (Å²) in [6, 6.07) is 0. The van der Waals surface area contributed by atoms with Gasteiger partial charge in [-0.2, -0.15) is 0 Å². The number of aromatic nitrogens is 1. The molecule has 1 aromatic heterocycles. The molecule has 6 nitrogen and oxygen atoms in total. The maximum absolute atomic E-state index is 12.1. The first-order valence-corrected chi connectivity index (χ1v) is 7.60. The van der Waals surface area contributed by atoms with E-state index in [1.54, 1.807) is 0 Å². The number of hydrogen-bond acceptors (Lipinski definition) is 5. The van der Waals surface area contributed by atoms with Crippen molar-refractivity contribution in [1.82, 2.24) is 15.6 Å². The van der Waals surface area contributed by atoms with E-state index in [2.05, 4.69) is 15.6 Å². The highest BCUT2D eigenvalue weighted by Crippen LogP contribution is 2.18. The second kappa shape index (κ2) is 6.32. The minimum atomic E-state index is -1.02. The van der Waals surface area contributed by atoms with Crippen LogP contribution in [0.1, 0.15) is 41.7 Å². The molecule has 0 spiro atoms. The molecule has 0 saturated carbocycles. The molecule has 1 aromatic rings. The maximum Gasteiger partial charge on any atom is 0.355 e. The molecule has 20 heavy (non-hydrogen) atoms. The van der Waals surface area contributed by atoms with Gasteiger partial charge in [0.25, 0.3) is 0 Å². The number of carbonyl (C=O) groups is 2. The minimum absolute atomic E-state index is 0.00668. The highest BCUT2D eigenvalue weighted by Gasteiger charge is 2.33. The topological polar surface area (TPSA) is 91.3 Å². The number of rotatable bonds is 5. The number of hydrogen-bond donors (Lipinski definition) is 3. The quantitative estimate of drug-likeness (QED) is 0.755. The zero-order valence-electron chi connectivity index (χ0n) is 11.4. The third kappa shape index (κ3) is 3.55. The van der Waals surface area contributed by atoms with Crippen LogP contribution in [0.4, 0.5) is 0 Å². The second-order valence-electron chi connectivity index (χ2n) is 5.15. The lowest BCUT2D eigenvalue weighted by molar-refractivity contribution is -0.127. The molecule has 110 valence electrons. The number of nitrogens with zero attached hydrogens (tertiary/aromatic N) is 1. The van der Waals surface area contributed by atoms with Gasteiger partial charge in [-0.3, -0.25) is 4.79 Å². The fraction of sp³-hybridized carbons (Fsp3) is 0.615. The van der Waals surface area contributed by atoms with Crippen LogP contribution in [0, 0.1) is 0 Å². The molecule has 1 aliphatic rings. The molecule has 1 saturated heterocycles. The summed E-state index contributed by atoms with van der Waals surface area (Å²) in [5.41, 5.74) is -0.412. The van der Waals surface area contributed by atoms with Gasteiger partial charge in [-0.1, -0.05) is 0 Å². The Morgan fingerprint density at radius 3 is 2.95 bits per heavy atom. The first-order chi connectivity index (χ1) is 9.51. The van der Waals surface area contributed by atoms with Crippen LogP contribution in [0.5, 0.6) is 0 Å². The number of thiazole rings is 1. The summed E-state index contributed by atoms with van der Waals surface area (Å²) in [6.07, 6.45) is 3.57. The van der Waals surface area contributed by atoms with E-state index in [9.17, 15) is 9.59 Å². The summed E-state index contributed by atoms with van der Waals surface area (Å²) in [6.45, 7) is 3.27. The van der Waals surface area contributed by atoms with Crippen LogP contribution in [0.15, 0.2) is 5.38 Å². The molecule has 1 unspecified atom stereocenters. The van der Waals surface area contributed by atoms with Crippen molar-refractivity contribution < 1.29 is 14.7 Å². The predicted octanol–water partition coefficient (Wildman–Crippen LogP) is 1.03. The lowest BCUT2D eigenvalue weighted by Gasteiger charge is -2.33. The fourth-order valence-corrected chi connectivity index (χ4v) is 3.02. The van der Waals surface area contributed by atoms with Crippen molar-refractivity contribution in [2.45, 2.75) is 38.1 Å². The number of piperidine rings is 1. The molecule has 0 aliphatic carbocycles. The van der Waals surface area contributed by atoms with Crippen molar-refractivity contribution in [3.63, 3.8) is 0 Å². The van der Waals surface area contributed by atoms with E-state index in [-0.39, 0.29) is 11.6 Å². The Morgan fingerprint density at radius 2 is 2.35 bits per heavy atom. The number of carboxylic acid groups (broad SMARTS) is 1. The third-order valence-corrected chi connectivity index (χ3v) is 4.42. The van der Waals surface area contributed by atoms with Gasteiger partial charge in [0.15, 0.2) is 5.69 Å². The summed E-state index contributed by atoms with van der Waals surface area (Å²) in [4.78, 5) is 26.8. The van der Waals surface area contributed by atoms with Gasteiger partial charge in [0, 0.05) is 18.3 Å². The van der Waals surface area contributed by atoms with Crippen LogP contribution >= 0.6 is 11.3 Å². The molecular weight excluding hydrogens is 278 g/mol. The van der Waals surface area contributed by atoms with Gasteiger partial charge in [0.2, 0.25) is 5.91 Å². The Hall–Kier alpha value is -1.47. The van der Waals surface area contributed by atoms with Gasteiger partial charge in [0.05, 0.1) is 10.5 Å². The van der Waals surface area contributed by atoms with Gasteiger partial charge >= 0.3 is 5.97 Å². The van der Waals surface area contributed by atoms with E-state index in [0.717, 1.165) is 30.8 Å². The predicted molar refractivity (Wildman–Crippen MR) is 76.0 cm³/mol. The molecule has 1 amide bonds. The molecule has 1 atom stereocenters. The molecule has 3 N–H and O–H groups in total. The molecular formula is C13H19N3O3S. The Balaban J connectivity index is 1.80. The Morgan fingerprint density at radius 1 is 1.55 bits per heavy atom. The zero-order chi connectivity index (χ0) is 14.6. The van der Waals surface area contributed by atoms with Gasteiger partial charge in [-0.15, -0.1) is 11.3 Å². The van der Waals surface area contributed by atoms with Crippen molar-refractivity contribution in [2.24, 2.45) is 0 Å². The van der Waals surface area contributed by atoms with Gasteiger partial charge in [-0.05, 0) is 32.7 Å². The molecule has 2 heterocycles. The van der Waals surface area contributed by atoms with E-state index in [4.69, 9.17) is 5.11 Å². The van der Waals surface area contributed by atoms with Crippen LogP contribution in [-0.2, 0) is 11.2 Å². The minimum Gasteiger partial charge on any atom is -0.476 e. The van der Waals surface area contributed by atoms with Crippen molar-refractivity contribution >= 4 is 23.2 Å². The number of carbonyl (C=O) groups excluding carboxylic acids is 1. The highest BCUT2D eigenvalue weighted by molar-refractivity contribution is 7.09. The zero-order valence-corrected chi connectivity index (χ0v) is 12.3. The normalized spacial score (nSPS) is 22.4. The summed E-state index contributed by atoms with van der Waals surface area (Å²) in [5.74, 6) is -1.01. The Labute approximate surface area is 121 Å². The number of amides is 1. The van der Waals surface area contributed by atoms with Crippen molar-refractivity contribution in [2.75, 3.05) is 13.1 Å². The van der Waals surface area contributed by atoms with Crippen LogP contribution in [-0.4, -0.2) is 40.6 Å². The molecule has 0 bridgehead atoms. The lowest BCUT2D eigenvalue weighted by atomic mass is 9.90. The molecule has 0 aromatic carbocycles. The Kier molecular flexibility index (Phi) is 4.72. The average Bonchev–Trinajstić information content (AvgIpc) is 2.88. The maximum atomic E-state index is 12.1. The van der Waals surface area contributed by atoms with E-state index < -0.39 is 11.5 Å². The molecule has 2 rings (SSSR count). The molecule has 1 fully saturated rings. The van der Waals surface area contributed by atoms with Crippen LogP contribution in [0.3, 0.4) is 0 Å². The fourth-order valence-electron chi connectivity index (χ4n) is 2.25. The third-order valence-electron chi connectivity index (χ3n) is 3.52. The molecule has 1 aliphatic heterocycles. The van der Waals surface area contributed by atoms with Crippen molar-refractivity contribution in [1.29, 1.82) is 0 Å². The molecule has 7 heteroatoms. The summed E-state index contributed by atoms with van der Waals surface area (Å²) < 4.78 is 0. The largest absolute Gasteiger partial charge is 0.476 e. The number of nitrogens with one attached hydrogen (secondary N) is 2. The van der Waals surface area contributed by atoms with E-state index in [1.807, 2.05) is 6.92 Å². The highest BCUT2D eigenvalue weighted by atomic mass is 32.1. The smallest absolute Gasteiger partial charge is 0.355 e. The first kappa shape index (κ1) is 14.9. The van der Waals surface area contributed by atoms with Crippen molar-refractivity contribution in [3.8, 4) is 0 Å².